The van der Waals surface area contributed by atoms with Gasteiger partial charge in [0.25, 0.3) is 0 Å². The Balaban J connectivity index is 2.56. The Labute approximate surface area is 105 Å². The second-order valence-electron chi connectivity index (χ2n) is 6.12. The predicted octanol–water partition coefficient (Wildman–Crippen LogP) is 2.87. The van der Waals surface area contributed by atoms with Crippen molar-refractivity contribution in [3.8, 4) is 0 Å². The van der Waals surface area contributed by atoms with E-state index in [9.17, 15) is 4.79 Å². The molecule has 0 aromatic rings. The third kappa shape index (κ3) is 3.70. The third-order valence-electron chi connectivity index (χ3n) is 3.86. The molecular formula is C14H27NO2. The van der Waals surface area contributed by atoms with Crippen LogP contribution in [0.3, 0.4) is 0 Å². The Hall–Kier alpha value is -0.570. The first kappa shape index (κ1) is 14.5. The number of rotatable bonds is 4. The molecular weight excluding hydrogens is 214 g/mol. The van der Waals surface area contributed by atoms with Gasteiger partial charge in [0.2, 0.25) is 0 Å². The quantitative estimate of drug-likeness (QED) is 0.770. The van der Waals surface area contributed by atoms with Gasteiger partial charge >= 0.3 is 5.97 Å². The zero-order valence-electron chi connectivity index (χ0n) is 11.7. The standard InChI is InChI=1S/C14H27NO2/c1-10(2)9-11(3)17-13(16)14(4)8-6-5-7-12(14)15/h10-12H,5-9,15H2,1-4H3. The summed E-state index contributed by atoms with van der Waals surface area (Å²) >= 11 is 0. The molecule has 1 aliphatic carbocycles. The van der Waals surface area contributed by atoms with Gasteiger partial charge in [0.1, 0.15) is 0 Å². The highest BCUT2D eigenvalue weighted by atomic mass is 16.5. The molecule has 0 spiro atoms. The summed E-state index contributed by atoms with van der Waals surface area (Å²) in [5, 5.41) is 0. The molecule has 0 bridgehead atoms. The van der Waals surface area contributed by atoms with E-state index < -0.39 is 5.41 Å². The summed E-state index contributed by atoms with van der Waals surface area (Å²) in [5.74, 6) is 0.448. The Morgan fingerprint density at radius 1 is 1.41 bits per heavy atom. The fourth-order valence-corrected chi connectivity index (χ4v) is 2.64. The lowest BCUT2D eigenvalue weighted by molar-refractivity contribution is -0.163. The van der Waals surface area contributed by atoms with Gasteiger partial charge in [0.15, 0.2) is 0 Å². The minimum Gasteiger partial charge on any atom is -0.462 e. The van der Waals surface area contributed by atoms with Crippen molar-refractivity contribution in [3.05, 3.63) is 0 Å². The average molecular weight is 241 g/mol. The Bertz CT molecular complexity index is 265. The number of carbonyl (C=O) groups is 1. The zero-order valence-corrected chi connectivity index (χ0v) is 11.7. The molecule has 3 heteroatoms. The van der Waals surface area contributed by atoms with Crippen LogP contribution in [0.2, 0.25) is 0 Å². The normalized spacial score (nSPS) is 31.3. The summed E-state index contributed by atoms with van der Waals surface area (Å²) in [6.45, 7) is 8.20. The highest BCUT2D eigenvalue weighted by molar-refractivity contribution is 5.77. The van der Waals surface area contributed by atoms with Crippen molar-refractivity contribution in [2.45, 2.75) is 71.9 Å². The molecule has 0 heterocycles. The lowest BCUT2D eigenvalue weighted by Crippen LogP contribution is -2.49. The molecule has 0 aliphatic heterocycles. The summed E-state index contributed by atoms with van der Waals surface area (Å²) in [5.41, 5.74) is 5.62. The van der Waals surface area contributed by atoms with Crippen molar-refractivity contribution in [2.75, 3.05) is 0 Å². The fourth-order valence-electron chi connectivity index (χ4n) is 2.64. The van der Waals surface area contributed by atoms with Crippen LogP contribution in [0.4, 0.5) is 0 Å². The first-order valence-electron chi connectivity index (χ1n) is 6.83. The van der Waals surface area contributed by atoms with E-state index >= 15 is 0 Å². The van der Waals surface area contributed by atoms with E-state index in [-0.39, 0.29) is 18.1 Å². The second-order valence-corrected chi connectivity index (χ2v) is 6.12. The maximum atomic E-state index is 12.2. The van der Waals surface area contributed by atoms with Crippen LogP contribution in [-0.2, 0) is 9.53 Å². The molecule has 0 saturated heterocycles. The molecule has 3 unspecified atom stereocenters. The van der Waals surface area contributed by atoms with Gasteiger partial charge in [-0.25, -0.2) is 0 Å². The maximum Gasteiger partial charge on any atom is 0.313 e. The highest BCUT2D eigenvalue weighted by Crippen LogP contribution is 2.36. The number of hydrogen-bond acceptors (Lipinski definition) is 3. The maximum absolute atomic E-state index is 12.2. The Morgan fingerprint density at radius 3 is 2.59 bits per heavy atom. The number of esters is 1. The average Bonchev–Trinajstić information content (AvgIpc) is 2.21. The molecule has 1 fully saturated rings. The topological polar surface area (TPSA) is 52.3 Å². The first-order valence-corrected chi connectivity index (χ1v) is 6.83. The molecule has 1 rings (SSSR count). The van der Waals surface area contributed by atoms with Crippen LogP contribution in [0.5, 0.6) is 0 Å². The van der Waals surface area contributed by atoms with E-state index in [1.54, 1.807) is 0 Å². The van der Waals surface area contributed by atoms with Gasteiger partial charge < -0.3 is 10.5 Å². The van der Waals surface area contributed by atoms with E-state index in [1.807, 2.05) is 13.8 Å². The van der Waals surface area contributed by atoms with Crippen LogP contribution in [0, 0.1) is 11.3 Å². The molecule has 100 valence electrons. The third-order valence-corrected chi connectivity index (χ3v) is 3.86. The van der Waals surface area contributed by atoms with Crippen LogP contribution in [-0.4, -0.2) is 18.1 Å². The molecule has 17 heavy (non-hydrogen) atoms. The summed E-state index contributed by atoms with van der Waals surface area (Å²) in [4.78, 5) is 12.2. The van der Waals surface area contributed by atoms with Crippen molar-refractivity contribution < 1.29 is 9.53 Å². The van der Waals surface area contributed by atoms with Crippen LogP contribution in [0.15, 0.2) is 0 Å². The number of ether oxygens (including phenoxy) is 1. The molecule has 1 saturated carbocycles. The fraction of sp³-hybridized carbons (Fsp3) is 0.929. The number of hydrogen-bond donors (Lipinski definition) is 1. The Morgan fingerprint density at radius 2 is 2.06 bits per heavy atom. The SMILES string of the molecule is CC(C)CC(C)OC(=O)C1(C)CCCCC1N. The van der Waals surface area contributed by atoms with E-state index in [4.69, 9.17) is 10.5 Å². The van der Waals surface area contributed by atoms with Crippen LogP contribution >= 0.6 is 0 Å². The van der Waals surface area contributed by atoms with Crippen molar-refractivity contribution >= 4 is 5.97 Å². The van der Waals surface area contributed by atoms with Gasteiger partial charge in [-0.05, 0) is 39.0 Å². The van der Waals surface area contributed by atoms with Crippen LogP contribution in [0.25, 0.3) is 0 Å². The van der Waals surface area contributed by atoms with E-state index in [1.165, 1.54) is 0 Å². The van der Waals surface area contributed by atoms with Gasteiger partial charge in [-0.15, -0.1) is 0 Å². The lowest BCUT2D eigenvalue weighted by atomic mass is 9.72. The van der Waals surface area contributed by atoms with Gasteiger partial charge in [-0.2, -0.15) is 0 Å². The van der Waals surface area contributed by atoms with E-state index in [0.717, 1.165) is 32.1 Å². The molecule has 3 nitrogen and oxygen atoms in total. The molecule has 0 aromatic heterocycles. The lowest BCUT2D eigenvalue weighted by Gasteiger charge is -2.37. The molecule has 0 radical (unpaired) electrons. The van der Waals surface area contributed by atoms with Crippen molar-refractivity contribution in [2.24, 2.45) is 17.1 Å². The largest absolute Gasteiger partial charge is 0.462 e. The van der Waals surface area contributed by atoms with E-state index in [0.29, 0.717) is 5.92 Å². The monoisotopic (exact) mass is 241 g/mol. The predicted molar refractivity (Wildman–Crippen MR) is 69.6 cm³/mol. The van der Waals surface area contributed by atoms with E-state index in [2.05, 4.69) is 13.8 Å². The van der Waals surface area contributed by atoms with Gasteiger partial charge in [-0.1, -0.05) is 26.7 Å². The smallest absolute Gasteiger partial charge is 0.313 e. The van der Waals surface area contributed by atoms with Crippen LogP contribution < -0.4 is 5.73 Å². The first-order chi connectivity index (χ1) is 7.86. The molecule has 2 N–H and O–H groups in total. The van der Waals surface area contributed by atoms with Crippen molar-refractivity contribution in [1.29, 1.82) is 0 Å². The summed E-state index contributed by atoms with van der Waals surface area (Å²) in [6, 6.07) is -0.0463. The van der Waals surface area contributed by atoms with Crippen molar-refractivity contribution in [1.82, 2.24) is 0 Å². The van der Waals surface area contributed by atoms with Gasteiger partial charge in [0.05, 0.1) is 11.5 Å². The van der Waals surface area contributed by atoms with Gasteiger partial charge in [-0.3, -0.25) is 4.79 Å². The highest BCUT2D eigenvalue weighted by Gasteiger charge is 2.42. The Kier molecular flexibility index (Phi) is 4.99. The molecule has 3 atom stereocenters. The minimum atomic E-state index is -0.469. The summed E-state index contributed by atoms with van der Waals surface area (Å²) < 4.78 is 5.56. The number of carbonyl (C=O) groups excluding carboxylic acids is 1. The zero-order chi connectivity index (χ0) is 13.1. The molecule has 0 amide bonds. The summed E-state index contributed by atoms with van der Waals surface area (Å²) in [7, 11) is 0. The van der Waals surface area contributed by atoms with Gasteiger partial charge in [0, 0.05) is 6.04 Å². The van der Waals surface area contributed by atoms with Crippen LogP contribution in [0.1, 0.15) is 59.8 Å². The summed E-state index contributed by atoms with van der Waals surface area (Å²) in [6.07, 6.45) is 4.92. The second kappa shape index (κ2) is 5.85. The molecule has 1 aliphatic rings. The molecule has 0 aromatic carbocycles. The minimum absolute atomic E-state index is 0.00606. The van der Waals surface area contributed by atoms with Crippen molar-refractivity contribution in [3.63, 3.8) is 0 Å². The number of nitrogens with two attached hydrogens (primary N) is 1.